The summed E-state index contributed by atoms with van der Waals surface area (Å²) in [6.07, 6.45) is 5.86. The average Bonchev–Trinajstić information content (AvgIpc) is 2.85. The van der Waals surface area contributed by atoms with E-state index in [1.807, 2.05) is 0 Å². The van der Waals surface area contributed by atoms with E-state index < -0.39 is 21.4 Å². The number of hydrogen-bond donors (Lipinski definition) is 1. The summed E-state index contributed by atoms with van der Waals surface area (Å²) in [4.78, 5) is 11.5. The Kier molecular flexibility index (Phi) is 3.65. The van der Waals surface area contributed by atoms with Crippen LogP contribution in [0.4, 0.5) is 0 Å². The second kappa shape index (κ2) is 5.24. The molecule has 1 fully saturated rings. The lowest BCUT2D eigenvalue weighted by molar-refractivity contribution is -0.151. The molecule has 0 aromatic carbocycles. The summed E-state index contributed by atoms with van der Waals surface area (Å²) >= 11 is 0. The minimum Gasteiger partial charge on any atom is -0.481 e. The van der Waals surface area contributed by atoms with E-state index in [-0.39, 0.29) is 11.6 Å². The van der Waals surface area contributed by atoms with Crippen molar-refractivity contribution in [2.75, 3.05) is 13.1 Å². The van der Waals surface area contributed by atoms with E-state index in [9.17, 15) is 18.3 Å². The van der Waals surface area contributed by atoms with Crippen molar-refractivity contribution in [3.05, 3.63) is 29.5 Å². The molecule has 0 unspecified atom stereocenters. The number of sulfonamides is 1. The van der Waals surface area contributed by atoms with Crippen molar-refractivity contribution < 1.29 is 22.7 Å². The predicted molar refractivity (Wildman–Crippen MR) is 78.8 cm³/mol. The summed E-state index contributed by atoms with van der Waals surface area (Å²) in [5.41, 5.74) is 0.872. The third-order valence-electron chi connectivity index (χ3n) is 4.70. The largest absolute Gasteiger partial charge is 0.481 e. The number of furan rings is 1. The number of rotatable bonds is 4. The van der Waals surface area contributed by atoms with Crippen LogP contribution in [0.15, 0.2) is 33.5 Å². The molecule has 0 saturated heterocycles. The summed E-state index contributed by atoms with van der Waals surface area (Å²) in [5, 5.41) is 9.40. The number of carbonyl (C=O) groups is 1. The second-order valence-corrected chi connectivity index (χ2v) is 7.90. The highest BCUT2D eigenvalue weighted by atomic mass is 32.2. The summed E-state index contributed by atoms with van der Waals surface area (Å²) in [6.45, 7) is 2.26. The minimum absolute atomic E-state index is 0.0570. The van der Waals surface area contributed by atoms with Gasteiger partial charge in [-0.1, -0.05) is 18.1 Å². The van der Waals surface area contributed by atoms with Gasteiger partial charge < -0.3 is 9.52 Å². The van der Waals surface area contributed by atoms with Gasteiger partial charge in [-0.3, -0.25) is 4.79 Å². The molecule has 1 aliphatic carbocycles. The van der Waals surface area contributed by atoms with Crippen LogP contribution < -0.4 is 0 Å². The molecule has 2 aliphatic rings. The SMILES string of the molecule is Cc1coc(S(=O)(=O)N2CC=C(C3(C(=O)O)CCC3)CC2)c1. The van der Waals surface area contributed by atoms with E-state index in [4.69, 9.17) is 4.42 Å². The van der Waals surface area contributed by atoms with Crippen LogP contribution in [0.1, 0.15) is 31.2 Å². The van der Waals surface area contributed by atoms with E-state index >= 15 is 0 Å². The molecule has 0 amide bonds. The van der Waals surface area contributed by atoms with Gasteiger partial charge in [0.1, 0.15) is 0 Å². The molecular formula is C15H19NO5S. The van der Waals surface area contributed by atoms with Gasteiger partial charge in [0.25, 0.3) is 10.0 Å². The molecule has 0 spiro atoms. The van der Waals surface area contributed by atoms with Gasteiger partial charge in [0.05, 0.1) is 11.7 Å². The van der Waals surface area contributed by atoms with E-state index in [1.165, 1.54) is 16.6 Å². The minimum atomic E-state index is -3.64. The number of aliphatic carboxylic acids is 1. The summed E-state index contributed by atoms with van der Waals surface area (Å²) in [7, 11) is -3.64. The maximum Gasteiger partial charge on any atom is 0.313 e. The first kappa shape index (κ1) is 15.3. The smallest absolute Gasteiger partial charge is 0.313 e. The predicted octanol–water partition coefficient (Wildman–Crippen LogP) is 2.16. The van der Waals surface area contributed by atoms with Gasteiger partial charge in [-0.05, 0) is 31.7 Å². The Morgan fingerprint density at radius 1 is 1.41 bits per heavy atom. The van der Waals surface area contributed by atoms with Crippen LogP contribution in [-0.4, -0.2) is 36.9 Å². The Hall–Kier alpha value is -1.60. The van der Waals surface area contributed by atoms with E-state index in [1.54, 1.807) is 13.0 Å². The number of carboxylic acid groups (broad SMARTS) is 1. The standard InChI is InChI=1S/C15H19NO5S/c1-11-9-13(21-10-11)22(19,20)16-7-3-12(4-8-16)15(14(17)18)5-2-6-15/h3,9-10H,2,4-8H2,1H3,(H,17,18). The summed E-state index contributed by atoms with van der Waals surface area (Å²) in [6, 6.07) is 1.50. The van der Waals surface area contributed by atoms with Crippen LogP contribution in [0.5, 0.6) is 0 Å². The van der Waals surface area contributed by atoms with Gasteiger partial charge in [0.2, 0.25) is 5.09 Å². The molecule has 22 heavy (non-hydrogen) atoms. The maximum absolute atomic E-state index is 12.5. The zero-order valence-electron chi connectivity index (χ0n) is 12.4. The van der Waals surface area contributed by atoms with Gasteiger partial charge in [0, 0.05) is 19.2 Å². The lowest BCUT2D eigenvalue weighted by atomic mass is 9.63. The molecule has 0 atom stereocenters. The zero-order valence-corrected chi connectivity index (χ0v) is 13.2. The van der Waals surface area contributed by atoms with Crippen molar-refractivity contribution in [1.82, 2.24) is 4.31 Å². The first-order valence-corrected chi connectivity index (χ1v) is 8.78. The lowest BCUT2D eigenvalue weighted by Crippen LogP contribution is -2.44. The van der Waals surface area contributed by atoms with Crippen molar-refractivity contribution in [2.45, 2.75) is 37.7 Å². The Morgan fingerprint density at radius 3 is 2.55 bits per heavy atom. The summed E-state index contributed by atoms with van der Waals surface area (Å²) < 4.78 is 31.4. The van der Waals surface area contributed by atoms with Crippen LogP contribution in [-0.2, 0) is 14.8 Å². The van der Waals surface area contributed by atoms with Crippen molar-refractivity contribution in [1.29, 1.82) is 0 Å². The molecule has 1 saturated carbocycles. The summed E-state index contributed by atoms with van der Waals surface area (Å²) in [5.74, 6) is -0.789. The molecule has 1 N–H and O–H groups in total. The molecule has 7 heteroatoms. The maximum atomic E-state index is 12.5. The highest BCUT2D eigenvalue weighted by molar-refractivity contribution is 7.89. The average molecular weight is 325 g/mol. The molecule has 1 aliphatic heterocycles. The molecule has 1 aromatic heterocycles. The normalized spacial score (nSPS) is 22.0. The third kappa shape index (κ3) is 2.28. The van der Waals surface area contributed by atoms with Gasteiger partial charge in [-0.2, -0.15) is 4.31 Å². The Balaban J connectivity index is 1.80. The van der Waals surface area contributed by atoms with Crippen LogP contribution in [0.2, 0.25) is 0 Å². The van der Waals surface area contributed by atoms with Crippen molar-refractivity contribution in [3.63, 3.8) is 0 Å². The van der Waals surface area contributed by atoms with Crippen LogP contribution in [0.25, 0.3) is 0 Å². The fourth-order valence-corrected chi connectivity index (χ4v) is 4.54. The number of carboxylic acids is 1. The molecule has 1 aromatic rings. The molecular weight excluding hydrogens is 306 g/mol. The molecule has 120 valence electrons. The van der Waals surface area contributed by atoms with Crippen LogP contribution >= 0.6 is 0 Å². The van der Waals surface area contributed by atoms with Gasteiger partial charge >= 0.3 is 5.97 Å². The number of aryl methyl sites for hydroxylation is 1. The van der Waals surface area contributed by atoms with Crippen molar-refractivity contribution >= 4 is 16.0 Å². The topological polar surface area (TPSA) is 87.8 Å². The monoisotopic (exact) mass is 325 g/mol. The number of hydrogen-bond acceptors (Lipinski definition) is 4. The third-order valence-corrected chi connectivity index (χ3v) is 6.44. The molecule has 0 radical (unpaired) electrons. The van der Waals surface area contributed by atoms with E-state index in [2.05, 4.69) is 0 Å². The molecule has 3 rings (SSSR count). The Labute approximate surface area is 129 Å². The lowest BCUT2D eigenvalue weighted by Gasteiger charge is -2.42. The van der Waals surface area contributed by atoms with E-state index in [0.717, 1.165) is 17.6 Å². The fourth-order valence-electron chi connectivity index (χ4n) is 3.17. The number of nitrogens with zero attached hydrogens (tertiary/aromatic N) is 1. The molecule has 2 heterocycles. The molecule has 0 bridgehead atoms. The van der Waals surface area contributed by atoms with E-state index in [0.29, 0.717) is 25.8 Å². The fraction of sp³-hybridized carbons (Fsp3) is 0.533. The van der Waals surface area contributed by atoms with Gasteiger partial charge in [-0.15, -0.1) is 0 Å². The van der Waals surface area contributed by atoms with Gasteiger partial charge in [0.15, 0.2) is 0 Å². The van der Waals surface area contributed by atoms with Crippen LogP contribution in [0, 0.1) is 12.3 Å². The second-order valence-electron chi connectivity index (χ2n) is 6.03. The van der Waals surface area contributed by atoms with Gasteiger partial charge in [-0.25, -0.2) is 8.42 Å². The van der Waals surface area contributed by atoms with Crippen LogP contribution in [0.3, 0.4) is 0 Å². The Morgan fingerprint density at radius 2 is 2.14 bits per heavy atom. The highest BCUT2D eigenvalue weighted by Gasteiger charge is 2.48. The quantitative estimate of drug-likeness (QED) is 0.857. The first-order valence-electron chi connectivity index (χ1n) is 7.34. The Bertz CT molecular complexity index is 727. The molecule has 6 nitrogen and oxygen atoms in total. The zero-order chi connectivity index (χ0) is 16.0. The first-order chi connectivity index (χ1) is 10.4. The highest BCUT2D eigenvalue weighted by Crippen LogP contribution is 2.49. The van der Waals surface area contributed by atoms with Crippen molar-refractivity contribution in [2.24, 2.45) is 5.41 Å². The van der Waals surface area contributed by atoms with Crippen molar-refractivity contribution in [3.8, 4) is 0 Å².